The van der Waals surface area contributed by atoms with Crippen LogP contribution in [0.25, 0.3) is 0 Å². The Morgan fingerprint density at radius 3 is 1.95 bits per heavy atom. The first kappa shape index (κ1) is 18.4. The van der Waals surface area contributed by atoms with E-state index in [-0.39, 0.29) is 12.8 Å². The van der Waals surface area contributed by atoms with E-state index in [2.05, 4.69) is 5.32 Å². The fourth-order valence-electron chi connectivity index (χ4n) is 1.30. The molecule has 6 nitrogen and oxygen atoms in total. The molecule has 0 rings (SSSR count). The predicted molar refractivity (Wildman–Crippen MR) is 74.3 cm³/mol. The summed E-state index contributed by atoms with van der Waals surface area (Å²) in [5, 5.41) is 2.40. The fraction of sp³-hybridized carbons (Fsp3) is 0.786. The molecule has 116 valence electrons. The van der Waals surface area contributed by atoms with Crippen LogP contribution < -0.4 is 5.32 Å². The summed E-state index contributed by atoms with van der Waals surface area (Å²) in [4.78, 5) is 33.9. The van der Waals surface area contributed by atoms with Gasteiger partial charge in [0.1, 0.15) is 17.5 Å². The molecular formula is C14H25NO5. The number of rotatable bonds is 5. The second kappa shape index (κ2) is 7.26. The molecular weight excluding hydrogens is 262 g/mol. The standard InChI is InChI=1S/C14H25NO5/c1-13(2,3)19-11(17)8-7-10(9-16)15-12(18)20-14(4,5)6/h9-10H,7-8H2,1-6H3,(H,15,18). The molecule has 0 bridgehead atoms. The SMILES string of the molecule is CC(C)(C)OC(=O)CCC(C=O)NC(=O)OC(C)(C)C. The summed E-state index contributed by atoms with van der Waals surface area (Å²) in [6, 6.07) is -0.766. The molecule has 0 heterocycles. The van der Waals surface area contributed by atoms with Crippen molar-refractivity contribution in [3.8, 4) is 0 Å². The summed E-state index contributed by atoms with van der Waals surface area (Å²) in [6.07, 6.45) is 0.126. The number of amides is 1. The highest BCUT2D eigenvalue weighted by Gasteiger charge is 2.21. The highest BCUT2D eigenvalue weighted by atomic mass is 16.6. The molecule has 0 saturated carbocycles. The van der Waals surface area contributed by atoms with Crippen LogP contribution in [0, 0.1) is 0 Å². The molecule has 20 heavy (non-hydrogen) atoms. The highest BCUT2D eigenvalue weighted by molar-refractivity contribution is 5.75. The summed E-state index contributed by atoms with van der Waals surface area (Å²) in [7, 11) is 0. The second-order valence-electron chi connectivity index (χ2n) is 6.51. The van der Waals surface area contributed by atoms with Gasteiger partial charge in [-0.1, -0.05) is 0 Å². The van der Waals surface area contributed by atoms with Crippen LogP contribution in [0.15, 0.2) is 0 Å². The van der Waals surface area contributed by atoms with Crippen molar-refractivity contribution in [3.63, 3.8) is 0 Å². The van der Waals surface area contributed by atoms with Crippen LogP contribution in [-0.2, 0) is 19.1 Å². The van der Waals surface area contributed by atoms with E-state index in [1.54, 1.807) is 41.5 Å². The van der Waals surface area contributed by atoms with Crippen LogP contribution in [0.3, 0.4) is 0 Å². The third-order valence-corrected chi connectivity index (χ3v) is 1.95. The van der Waals surface area contributed by atoms with Crippen LogP contribution in [0.4, 0.5) is 4.79 Å². The average molecular weight is 287 g/mol. The molecule has 0 fully saturated rings. The Labute approximate surface area is 120 Å². The van der Waals surface area contributed by atoms with Gasteiger partial charge < -0.3 is 19.6 Å². The largest absolute Gasteiger partial charge is 0.460 e. The quantitative estimate of drug-likeness (QED) is 0.619. The number of carbonyl (C=O) groups excluding carboxylic acids is 3. The van der Waals surface area contributed by atoms with Crippen molar-refractivity contribution in [2.45, 2.75) is 71.6 Å². The van der Waals surface area contributed by atoms with E-state index in [1.165, 1.54) is 0 Å². The molecule has 6 heteroatoms. The highest BCUT2D eigenvalue weighted by Crippen LogP contribution is 2.10. The Morgan fingerprint density at radius 2 is 1.55 bits per heavy atom. The van der Waals surface area contributed by atoms with Gasteiger partial charge in [-0.3, -0.25) is 4.79 Å². The minimum atomic E-state index is -0.766. The molecule has 0 aromatic carbocycles. The molecule has 0 aromatic rings. The van der Waals surface area contributed by atoms with Gasteiger partial charge in [-0.05, 0) is 48.0 Å². The smallest absolute Gasteiger partial charge is 0.408 e. The van der Waals surface area contributed by atoms with Crippen LogP contribution >= 0.6 is 0 Å². The van der Waals surface area contributed by atoms with Gasteiger partial charge in [0.15, 0.2) is 0 Å². The first-order valence-corrected chi connectivity index (χ1v) is 6.59. The first-order chi connectivity index (χ1) is 8.93. The van der Waals surface area contributed by atoms with Crippen molar-refractivity contribution >= 4 is 18.3 Å². The molecule has 1 N–H and O–H groups in total. The Bertz CT molecular complexity index is 352. The maximum Gasteiger partial charge on any atom is 0.408 e. The van der Waals surface area contributed by atoms with Gasteiger partial charge in [0.25, 0.3) is 0 Å². The van der Waals surface area contributed by atoms with E-state index < -0.39 is 29.3 Å². The van der Waals surface area contributed by atoms with Gasteiger partial charge in [0.05, 0.1) is 6.04 Å². The van der Waals surface area contributed by atoms with Crippen molar-refractivity contribution in [1.82, 2.24) is 5.32 Å². The van der Waals surface area contributed by atoms with Gasteiger partial charge >= 0.3 is 12.1 Å². The number of ether oxygens (including phenoxy) is 2. The molecule has 0 spiro atoms. The van der Waals surface area contributed by atoms with E-state index in [9.17, 15) is 14.4 Å². The molecule has 1 atom stereocenters. The normalized spacial score (nSPS) is 13.3. The lowest BCUT2D eigenvalue weighted by molar-refractivity contribution is -0.155. The zero-order valence-corrected chi connectivity index (χ0v) is 13.1. The molecule has 0 aliphatic carbocycles. The molecule has 1 amide bonds. The van der Waals surface area contributed by atoms with E-state index in [0.29, 0.717) is 6.29 Å². The average Bonchev–Trinajstić information content (AvgIpc) is 2.18. The van der Waals surface area contributed by atoms with Crippen molar-refractivity contribution in [2.75, 3.05) is 0 Å². The van der Waals surface area contributed by atoms with Gasteiger partial charge in [-0.25, -0.2) is 4.79 Å². The Kier molecular flexibility index (Phi) is 6.68. The Balaban J connectivity index is 4.20. The van der Waals surface area contributed by atoms with Crippen LogP contribution in [0.1, 0.15) is 54.4 Å². The molecule has 0 aliphatic rings. The summed E-state index contributed by atoms with van der Waals surface area (Å²) in [5.41, 5.74) is -1.20. The maximum absolute atomic E-state index is 11.5. The summed E-state index contributed by atoms with van der Waals surface area (Å²) in [5.74, 6) is -0.407. The van der Waals surface area contributed by atoms with Crippen LogP contribution in [0.2, 0.25) is 0 Å². The number of esters is 1. The Hall–Kier alpha value is -1.59. The topological polar surface area (TPSA) is 81.7 Å². The lowest BCUT2D eigenvalue weighted by atomic mass is 10.1. The lowest BCUT2D eigenvalue weighted by Gasteiger charge is -2.22. The zero-order chi connectivity index (χ0) is 16.0. The minimum absolute atomic E-state index is 0.0521. The van der Waals surface area contributed by atoms with Crippen LogP contribution in [-0.4, -0.2) is 35.6 Å². The van der Waals surface area contributed by atoms with Crippen molar-refractivity contribution in [2.24, 2.45) is 0 Å². The number of carbonyl (C=O) groups is 3. The Morgan fingerprint density at radius 1 is 1.05 bits per heavy atom. The number of nitrogens with one attached hydrogen (secondary N) is 1. The lowest BCUT2D eigenvalue weighted by Crippen LogP contribution is -2.40. The number of hydrogen-bond acceptors (Lipinski definition) is 5. The number of alkyl carbamates (subject to hydrolysis) is 1. The summed E-state index contributed by atoms with van der Waals surface area (Å²) < 4.78 is 10.2. The number of hydrogen-bond donors (Lipinski definition) is 1. The maximum atomic E-state index is 11.5. The van der Waals surface area contributed by atoms with Crippen molar-refractivity contribution in [1.29, 1.82) is 0 Å². The van der Waals surface area contributed by atoms with Gasteiger partial charge in [-0.15, -0.1) is 0 Å². The number of aldehydes is 1. The monoisotopic (exact) mass is 287 g/mol. The van der Waals surface area contributed by atoms with Gasteiger partial charge in [0, 0.05) is 6.42 Å². The van der Waals surface area contributed by atoms with E-state index in [4.69, 9.17) is 9.47 Å². The molecule has 0 radical (unpaired) electrons. The molecule has 0 aromatic heterocycles. The summed E-state index contributed by atoms with van der Waals surface area (Å²) in [6.45, 7) is 10.5. The minimum Gasteiger partial charge on any atom is -0.460 e. The van der Waals surface area contributed by atoms with Crippen molar-refractivity contribution in [3.05, 3.63) is 0 Å². The van der Waals surface area contributed by atoms with Crippen molar-refractivity contribution < 1.29 is 23.9 Å². The van der Waals surface area contributed by atoms with Gasteiger partial charge in [-0.2, -0.15) is 0 Å². The van der Waals surface area contributed by atoms with Gasteiger partial charge in [0.2, 0.25) is 0 Å². The molecule has 0 aliphatic heterocycles. The fourth-order valence-corrected chi connectivity index (χ4v) is 1.30. The predicted octanol–water partition coefficient (Wildman–Crippen LogP) is 2.20. The summed E-state index contributed by atoms with van der Waals surface area (Å²) >= 11 is 0. The third kappa shape index (κ3) is 10.3. The van der Waals surface area contributed by atoms with Crippen LogP contribution in [0.5, 0.6) is 0 Å². The zero-order valence-electron chi connectivity index (χ0n) is 13.1. The van der Waals surface area contributed by atoms with E-state index in [1.807, 2.05) is 0 Å². The molecule has 1 unspecified atom stereocenters. The van der Waals surface area contributed by atoms with E-state index in [0.717, 1.165) is 0 Å². The van der Waals surface area contributed by atoms with E-state index >= 15 is 0 Å². The second-order valence-corrected chi connectivity index (χ2v) is 6.51. The third-order valence-electron chi connectivity index (χ3n) is 1.95. The first-order valence-electron chi connectivity index (χ1n) is 6.59. The molecule has 0 saturated heterocycles.